The molecule has 1 amide bonds. The van der Waals surface area contributed by atoms with E-state index in [1.807, 2.05) is 22.6 Å². The fourth-order valence-electron chi connectivity index (χ4n) is 6.01. The topological polar surface area (TPSA) is 104 Å². The van der Waals surface area contributed by atoms with Crippen molar-refractivity contribution in [3.05, 3.63) is 77.0 Å². The molecule has 3 aromatic heterocycles. The number of aliphatic hydroxyl groups excluding tert-OH is 1. The number of fused-ring (bicyclic) bond motifs is 2. The zero-order valence-electron chi connectivity index (χ0n) is 21.4. The number of hydrogen-bond acceptors (Lipinski definition) is 7. The Bertz CT molecular complexity index is 1580. The highest BCUT2D eigenvalue weighted by molar-refractivity contribution is 6.06. The van der Waals surface area contributed by atoms with Crippen molar-refractivity contribution < 1.29 is 19.0 Å². The number of β-amino-alcohol motifs (C(OH)–C–C–N with tert-alkyl or cyclic N) is 1. The molecule has 6 heterocycles. The summed E-state index contributed by atoms with van der Waals surface area (Å²) in [4.78, 5) is 24.6. The van der Waals surface area contributed by atoms with Crippen LogP contribution in [0.2, 0.25) is 0 Å². The number of rotatable bonds is 6. The van der Waals surface area contributed by atoms with Gasteiger partial charge in [0, 0.05) is 56.5 Å². The second-order valence-corrected chi connectivity index (χ2v) is 10.5. The molecule has 4 aromatic rings. The standard InChI is InChI=1S/C29H29FN6O3/c30-18-5-9-36-25(13-31-27(36)11-18)21-1-3-23(28-22(21)12-32-29(28)38)33-26-4-2-20(17-7-10-39-16-17)24(34-26)15-35-8-6-19(37)14-35/h1-5,9,11,13,17,19,37H,6-8,10,12,14-16H2,(H,32,38)(H,33,34)/t17-,19-/m0/s1. The second kappa shape index (κ2) is 9.71. The predicted molar refractivity (Wildman–Crippen MR) is 143 cm³/mol. The van der Waals surface area contributed by atoms with Gasteiger partial charge in [0.1, 0.15) is 17.3 Å². The zero-order valence-corrected chi connectivity index (χ0v) is 21.4. The summed E-state index contributed by atoms with van der Waals surface area (Å²) < 4.78 is 21.2. The van der Waals surface area contributed by atoms with E-state index in [2.05, 4.69) is 26.6 Å². The Labute approximate surface area is 224 Å². The maximum atomic E-state index is 13.7. The van der Waals surface area contributed by atoms with Crippen LogP contribution in [0.25, 0.3) is 16.9 Å². The molecule has 2 saturated heterocycles. The molecule has 2 atom stereocenters. The number of anilines is 2. The highest BCUT2D eigenvalue weighted by atomic mass is 19.1. The third-order valence-electron chi connectivity index (χ3n) is 7.98. The number of carbonyl (C=O) groups excluding carboxylic acids is 1. The van der Waals surface area contributed by atoms with Crippen LogP contribution in [0.4, 0.5) is 15.9 Å². The van der Waals surface area contributed by atoms with Crippen molar-refractivity contribution in [2.24, 2.45) is 0 Å². The van der Waals surface area contributed by atoms with Crippen molar-refractivity contribution in [2.75, 3.05) is 31.6 Å². The van der Waals surface area contributed by atoms with E-state index in [1.165, 1.54) is 17.7 Å². The molecule has 0 radical (unpaired) electrons. The second-order valence-electron chi connectivity index (χ2n) is 10.5. The first-order valence-corrected chi connectivity index (χ1v) is 13.4. The van der Waals surface area contributed by atoms with Gasteiger partial charge < -0.3 is 20.5 Å². The number of amides is 1. The molecule has 0 unspecified atom stereocenters. The summed E-state index contributed by atoms with van der Waals surface area (Å²) in [5.41, 5.74) is 6.43. The molecule has 1 aromatic carbocycles. The van der Waals surface area contributed by atoms with Crippen LogP contribution < -0.4 is 10.6 Å². The smallest absolute Gasteiger partial charge is 0.254 e. The van der Waals surface area contributed by atoms with Crippen LogP contribution in [0, 0.1) is 5.82 Å². The summed E-state index contributed by atoms with van der Waals surface area (Å²) in [6, 6.07) is 10.7. The molecule has 0 saturated carbocycles. The fraction of sp³-hybridized carbons (Fsp3) is 0.345. The Morgan fingerprint density at radius 3 is 2.95 bits per heavy atom. The van der Waals surface area contributed by atoms with Crippen molar-refractivity contribution in [1.29, 1.82) is 0 Å². The van der Waals surface area contributed by atoms with Gasteiger partial charge in [-0.05, 0) is 42.2 Å². The molecule has 2 fully saturated rings. The van der Waals surface area contributed by atoms with Gasteiger partial charge in [-0.3, -0.25) is 14.1 Å². The van der Waals surface area contributed by atoms with Gasteiger partial charge in [0.15, 0.2) is 0 Å². The Kier molecular flexibility index (Phi) is 6.03. The number of aromatic nitrogens is 3. The Morgan fingerprint density at radius 2 is 2.13 bits per heavy atom. The first-order chi connectivity index (χ1) is 19.0. The van der Waals surface area contributed by atoms with Crippen LogP contribution in [-0.4, -0.2) is 62.7 Å². The Morgan fingerprint density at radius 1 is 1.21 bits per heavy atom. The van der Waals surface area contributed by atoms with Gasteiger partial charge in [-0.15, -0.1) is 0 Å². The number of carbonyl (C=O) groups is 1. The van der Waals surface area contributed by atoms with Crippen molar-refractivity contribution in [2.45, 2.75) is 38.0 Å². The van der Waals surface area contributed by atoms with E-state index in [0.717, 1.165) is 48.5 Å². The SMILES string of the molecule is O=C1NCc2c(-c3cnc4cc(F)ccn34)ccc(Nc3ccc([C@H]4CCOC4)c(CN4CC[C@H](O)C4)n3)c21. The first kappa shape index (κ1) is 24.2. The Hall–Kier alpha value is -3.86. The van der Waals surface area contributed by atoms with Crippen LogP contribution in [0.3, 0.4) is 0 Å². The molecule has 3 aliphatic heterocycles. The number of aliphatic hydroxyl groups is 1. The van der Waals surface area contributed by atoms with E-state index in [-0.39, 0.29) is 17.8 Å². The highest BCUT2D eigenvalue weighted by Crippen LogP contribution is 2.36. The van der Waals surface area contributed by atoms with Crippen molar-refractivity contribution in [1.82, 2.24) is 24.6 Å². The first-order valence-electron chi connectivity index (χ1n) is 13.4. The van der Waals surface area contributed by atoms with Crippen LogP contribution in [-0.2, 0) is 17.8 Å². The van der Waals surface area contributed by atoms with Crippen molar-refractivity contribution in [3.63, 3.8) is 0 Å². The molecule has 39 heavy (non-hydrogen) atoms. The fourth-order valence-corrected chi connectivity index (χ4v) is 6.01. The molecule has 9 nitrogen and oxygen atoms in total. The maximum Gasteiger partial charge on any atom is 0.254 e. The van der Waals surface area contributed by atoms with Gasteiger partial charge in [-0.2, -0.15) is 0 Å². The lowest BCUT2D eigenvalue weighted by Gasteiger charge is -2.21. The van der Waals surface area contributed by atoms with Crippen LogP contribution in [0.1, 0.15) is 45.9 Å². The zero-order chi connectivity index (χ0) is 26.5. The van der Waals surface area contributed by atoms with Crippen molar-refractivity contribution >= 4 is 23.1 Å². The van der Waals surface area contributed by atoms with Gasteiger partial charge in [-0.1, -0.05) is 12.1 Å². The summed E-state index contributed by atoms with van der Waals surface area (Å²) in [7, 11) is 0. The summed E-state index contributed by atoms with van der Waals surface area (Å²) >= 11 is 0. The number of nitrogens with zero attached hydrogens (tertiary/aromatic N) is 4. The number of ether oxygens (including phenoxy) is 1. The van der Waals surface area contributed by atoms with Crippen LogP contribution >= 0.6 is 0 Å². The van der Waals surface area contributed by atoms with Gasteiger partial charge in [0.25, 0.3) is 5.91 Å². The molecule has 200 valence electrons. The van der Waals surface area contributed by atoms with E-state index < -0.39 is 0 Å². The number of hydrogen-bond donors (Lipinski definition) is 3. The van der Waals surface area contributed by atoms with Gasteiger partial charge in [0.2, 0.25) is 0 Å². The number of halogens is 1. The monoisotopic (exact) mass is 528 g/mol. The third kappa shape index (κ3) is 4.44. The van der Waals surface area contributed by atoms with E-state index in [0.29, 0.717) is 54.9 Å². The summed E-state index contributed by atoms with van der Waals surface area (Å²) in [6.07, 6.45) is 4.80. The Balaban J connectivity index is 1.24. The number of pyridine rings is 2. The minimum absolute atomic E-state index is 0.153. The molecule has 0 spiro atoms. The minimum atomic E-state index is -0.347. The number of nitrogens with one attached hydrogen (secondary N) is 2. The van der Waals surface area contributed by atoms with Crippen LogP contribution in [0.15, 0.2) is 48.8 Å². The molecular weight excluding hydrogens is 499 g/mol. The molecule has 3 N–H and O–H groups in total. The molecular formula is C29H29FN6O3. The van der Waals surface area contributed by atoms with Crippen LogP contribution in [0.5, 0.6) is 0 Å². The van der Waals surface area contributed by atoms with Gasteiger partial charge in [-0.25, -0.2) is 14.4 Å². The molecule has 0 aliphatic carbocycles. The predicted octanol–water partition coefficient (Wildman–Crippen LogP) is 3.59. The average molecular weight is 529 g/mol. The quantitative estimate of drug-likeness (QED) is 0.351. The lowest BCUT2D eigenvalue weighted by molar-refractivity contribution is 0.0966. The number of imidazole rings is 1. The van der Waals surface area contributed by atoms with E-state index in [9.17, 15) is 14.3 Å². The third-order valence-corrected chi connectivity index (χ3v) is 7.98. The average Bonchev–Trinajstić information content (AvgIpc) is 3.73. The van der Waals surface area contributed by atoms with Crippen molar-refractivity contribution in [3.8, 4) is 11.3 Å². The maximum absolute atomic E-state index is 13.7. The van der Waals surface area contributed by atoms with Gasteiger partial charge >= 0.3 is 0 Å². The lowest BCUT2D eigenvalue weighted by Crippen LogP contribution is -2.23. The summed E-state index contributed by atoms with van der Waals surface area (Å²) in [5.74, 6) is 0.468. The van der Waals surface area contributed by atoms with E-state index in [4.69, 9.17) is 9.72 Å². The molecule has 0 bridgehead atoms. The lowest BCUT2D eigenvalue weighted by atomic mass is 9.96. The summed E-state index contributed by atoms with van der Waals surface area (Å²) in [5, 5.41) is 16.4. The largest absolute Gasteiger partial charge is 0.392 e. The van der Waals surface area contributed by atoms with E-state index >= 15 is 0 Å². The minimum Gasteiger partial charge on any atom is -0.392 e. The number of benzene rings is 1. The van der Waals surface area contributed by atoms with E-state index in [1.54, 1.807) is 12.4 Å². The van der Waals surface area contributed by atoms with Gasteiger partial charge in [0.05, 0.1) is 41.5 Å². The highest BCUT2D eigenvalue weighted by Gasteiger charge is 2.29. The normalized spacial score (nSPS) is 21.0. The molecule has 10 heteroatoms. The molecule has 3 aliphatic rings. The number of likely N-dealkylation sites (tertiary alicyclic amines) is 1. The molecule has 7 rings (SSSR count). The summed E-state index contributed by atoms with van der Waals surface area (Å²) in [6.45, 7) is 3.97.